The van der Waals surface area contributed by atoms with Crippen molar-refractivity contribution in [1.82, 2.24) is 0 Å². The van der Waals surface area contributed by atoms with Gasteiger partial charge in [-0.2, -0.15) is 0 Å². The lowest BCUT2D eigenvalue weighted by molar-refractivity contribution is -0.141. The Hall–Kier alpha value is -0.580. The summed E-state index contributed by atoms with van der Waals surface area (Å²) in [6.45, 7) is 0. The Kier molecular flexibility index (Phi) is 2.72. The van der Waals surface area contributed by atoms with E-state index in [9.17, 15) is 13.2 Å². The molecule has 0 spiro atoms. The number of rotatable bonds is 2. The van der Waals surface area contributed by atoms with Gasteiger partial charge in [-0.05, 0) is 12.3 Å². The van der Waals surface area contributed by atoms with E-state index in [0.29, 0.717) is 6.42 Å². The zero-order valence-corrected chi connectivity index (χ0v) is 7.76. The average molecular weight is 192 g/mol. The monoisotopic (exact) mass is 192 g/mol. The number of hydrogen-bond acceptors (Lipinski definition) is 4. The third-order valence-electron chi connectivity index (χ3n) is 2.01. The molecule has 5 heteroatoms. The van der Waals surface area contributed by atoms with E-state index in [4.69, 9.17) is 0 Å². The normalized spacial score (nSPS) is 26.9. The quantitative estimate of drug-likeness (QED) is 0.577. The highest BCUT2D eigenvalue weighted by atomic mass is 32.2. The van der Waals surface area contributed by atoms with Gasteiger partial charge in [-0.15, -0.1) is 0 Å². The maximum absolute atomic E-state index is 11.0. The van der Waals surface area contributed by atoms with Crippen LogP contribution >= 0.6 is 0 Å². The summed E-state index contributed by atoms with van der Waals surface area (Å²) < 4.78 is 26.4. The van der Waals surface area contributed by atoms with Crippen LogP contribution < -0.4 is 0 Å². The van der Waals surface area contributed by atoms with E-state index in [0.717, 1.165) is 0 Å². The Labute approximate surface area is 71.8 Å². The number of carbonyl (C=O) groups is 1. The van der Waals surface area contributed by atoms with Gasteiger partial charge in [-0.1, -0.05) is 0 Å². The molecular formula is C7H12O4S. The van der Waals surface area contributed by atoms with E-state index in [2.05, 4.69) is 4.74 Å². The van der Waals surface area contributed by atoms with E-state index in [1.54, 1.807) is 0 Å². The molecule has 0 bridgehead atoms. The molecule has 1 aliphatic rings. The summed E-state index contributed by atoms with van der Waals surface area (Å²) in [5.41, 5.74) is 0. The Morgan fingerprint density at radius 2 is 2.25 bits per heavy atom. The molecule has 0 aromatic carbocycles. The molecule has 1 rings (SSSR count). The lowest BCUT2D eigenvalue weighted by Crippen LogP contribution is -2.11. The lowest BCUT2D eigenvalue weighted by atomic mass is 10.1. The van der Waals surface area contributed by atoms with E-state index in [-0.39, 0.29) is 29.8 Å². The molecular weight excluding hydrogens is 180 g/mol. The van der Waals surface area contributed by atoms with Crippen LogP contribution in [0.4, 0.5) is 0 Å². The van der Waals surface area contributed by atoms with Gasteiger partial charge in [0.25, 0.3) is 0 Å². The highest BCUT2D eigenvalue weighted by Crippen LogP contribution is 2.21. The number of esters is 1. The van der Waals surface area contributed by atoms with E-state index in [1.807, 2.05) is 0 Å². The first-order valence-corrected chi connectivity index (χ1v) is 5.63. The highest BCUT2D eigenvalue weighted by Gasteiger charge is 2.29. The molecule has 1 unspecified atom stereocenters. The van der Waals surface area contributed by atoms with Crippen molar-refractivity contribution < 1.29 is 17.9 Å². The maximum Gasteiger partial charge on any atom is 0.305 e. The molecule has 70 valence electrons. The van der Waals surface area contributed by atoms with Gasteiger partial charge in [0.05, 0.1) is 18.6 Å². The van der Waals surface area contributed by atoms with Crippen molar-refractivity contribution in [2.75, 3.05) is 18.6 Å². The van der Waals surface area contributed by atoms with Crippen molar-refractivity contribution in [1.29, 1.82) is 0 Å². The summed E-state index contributed by atoms with van der Waals surface area (Å²) in [7, 11) is -1.55. The summed E-state index contributed by atoms with van der Waals surface area (Å²) in [6, 6.07) is 0. The molecule has 0 aromatic heterocycles. The summed E-state index contributed by atoms with van der Waals surface area (Å²) in [4.78, 5) is 10.8. The number of sulfone groups is 1. The molecule has 12 heavy (non-hydrogen) atoms. The second-order valence-electron chi connectivity index (χ2n) is 3.05. The molecule has 0 N–H and O–H groups in total. The number of carbonyl (C=O) groups excluding carboxylic acids is 1. The first-order valence-electron chi connectivity index (χ1n) is 3.81. The smallest absolute Gasteiger partial charge is 0.305 e. The van der Waals surface area contributed by atoms with Crippen LogP contribution in [-0.2, 0) is 19.4 Å². The fourth-order valence-electron chi connectivity index (χ4n) is 1.35. The van der Waals surface area contributed by atoms with Gasteiger partial charge < -0.3 is 4.74 Å². The van der Waals surface area contributed by atoms with Crippen molar-refractivity contribution in [3.8, 4) is 0 Å². The van der Waals surface area contributed by atoms with E-state index < -0.39 is 9.84 Å². The second-order valence-corrected chi connectivity index (χ2v) is 5.28. The topological polar surface area (TPSA) is 60.4 Å². The van der Waals surface area contributed by atoms with Gasteiger partial charge >= 0.3 is 5.97 Å². The first kappa shape index (κ1) is 9.51. The fraction of sp³-hybridized carbons (Fsp3) is 0.857. The summed E-state index contributed by atoms with van der Waals surface area (Å²) in [5.74, 6) is 0.0103. The minimum absolute atomic E-state index is 0.0255. The maximum atomic E-state index is 11.0. The third-order valence-corrected chi connectivity index (χ3v) is 3.85. The van der Waals surface area contributed by atoms with Crippen LogP contribution in [0.3, 0.4) is 0 Å². The Morgan fingerprint density at radius 1 is 1.58 bits per heavy atom. The molecule has 1 atom stereocenters. The van der Waals surface area contributed by atoms with Crippen LogP contribution in [0, 0.1) is 5.92 Å². The molecule has 1 fully saturated rings. The van der Waals surface area contributed by atoms with Crippen molar-refractivity contribution in [3.63, 3.8) is 0 Å². The average Bonchev–Trinajstić information content (AvgIpc) is 2.30. The predicted octanol–water partition coefficient (Wildman–Crippen LogP) is -0.0158. The number of hydrogen-bond donors (Lipinski definition) is 0. The van der Waals surface area contributed by atoms with Crippen molar-refractivity contribution >= 4 is 15.8 Å². The Morgan fingerprint density at radius 3 is 2.67 bits per heavy atom. The molecule has 0 saturated carbocycles. The summed E-state index contributed by atoms with van der Waals surface area (Å²) in [5, 5.41) is 0. The zero-order chi connectivity index (χ0) is 9.19. The van der Waals surface area contributed by atoms with Gasteiger partial charge in [0.15, 0.2) is 9.84 Å². The molecule has 0 aliphatic carbocycles. The fourth-order valence-corrected chi connectivity index (χ4v) is 3.21. The van der Waals surface area contributed by atoms with Crippen molar-refractivity contribution in [2.45, 2.75) is 12.8 Å². The highest BCUT2D eigenvalue weighted by molar-refractivity contribution is 7.91. The Bertz CT molecular complexity index is 267. The van der Waals surface area contributed by atoms with Gasteiger partial charge in [0.1, 0.15) is 0 Å². The van der Waals surface area contributed by atoms with E-state index >= 15 is 0 Å². The Balaban J connectivity index is 2.43. The van der Waals surface area contributed by atoms with Gasteiger partial charge in [-0.3, -0.25) is 4.79 Å². The van der Waals surface area contributed by atoms with Crippen LogP contribution in [0.25, 0.3) is 0 Å². The van der Waals surface area contributed by atoms with Crippen LogP contribution in [0.1, 0.15) is 12.8 Å². The van der Waals surface area contributed by atoms with Crippen LogP contribution in [-0.4, -0.2) is 33.0 Å². The predicted molar refractivity (Wildman–Crippen MR) is 43.4 cm³/mol. The summed E-state index contributed by atoms with van der Waals surface area (Å²) >= 11 is 0. The molecule has 1 heterocycles. The van der Waals surface area contributed by atoms with Crippen molar-refractivity contribution in [3.05, 3.63) is 0 Å². The minimum atomic E-state index is -2.86. The molecule has 0 aromatic rings. The first-order chi connectivity index (χ1) is 5.53. The zero-order valence-electron chi connectivity index (χ0n) is 6.95. The van der Waals surface area contributed by atoms with Gasteiger partial charge in [0, 0.05) is 6.42 Å². The molecule has 4 nitrogen and oxygen atoms in total. The van der Waals surface area contributed by atoms with Crippen LogP contribution in [0.5, 0.6) is 0 Å². The number of ether oxygens (including phenoxy) is 1. The van der Waals surface area contributed by atoms with Crippen LogP contribution in [0.15, 0.2) is 0 Å². The van der Waals surface area contributed by atoms with E-state index in [1.165, 1.54) is 7.11 Å². The molecule has 1 aliphatic heterocycles. The summed E-state index contributed by atoms with van der Waals surface area (Å²) in [6.07, 6.45) is 0.827. The molecule has 0 radical (unpaired) electrons. The molecule has 1 saturated heterocycles. The van der Waals surface area contributed by atoms with Crippen LogP contribution in [0.2, 0.25) is 0 Å². The number of methoxy groups -OCH3 is 1. The third kappa shape index (κ3) is 2.48. The van der Waals surface area contributed by atoms with Gasteiger partial charge in [-0.25, -0.2) is 8.42 Å². The largest absolute Gasteiger partial charge is 0.469 e. The molecule has 0 amide bonds. The van der Waals surface area contributed by atoms with Gasteiger partial charge in [0.2, 0.25) is 0 Å². The lowest BCUT2D eigenvalue weighted by Gasteiger charge is -2.03. The second kappa shape index (κ2) is 3.43. The van der Waals surface area contributed by atoms with Crippen molar-refractivity contribution in [2.24, 2.45) is 5.92 Å². The SMILES string of the molecule is COC(=O)CC1CCS(=O)(=O)C1. The minimum Gasteiger partial charge on any atom is -0.469 e. The standard InChI is InChI=1S/C7H12O4S/c1-11-7(8)4-6-2-3-12(9,10)5-6/h6H,2-5H2,1H3.